The Morgan fingerprint density at radius 2 is 2.11 bits per heavy atom. The molecule has 6 nitrogen and oxygen atoms in total. The number of hydrogen-bond acceptors (Lipinski definition) is 5. The van der Waals surface area contributed by atoms with E-state index in [1.165, 1.54) is 10.8 Å². The Hall–Kier alpha value is -2.33. The number of nitrogens with zero attached hydrogens (tertiary/aromatic N) is 3. The third-order valence-corrected chi connectivity index (χ3v) is 4.88. The van der Waals surface area contributed by atoms with Crippen molar-refractivity contribution in [3.8, 4) is 11.9 Å². The standard InChI is InChI=1S/C19H17Cl2N3O3/c1-11-16(8-22)18(25)24(10-15-3-2-4-27-15)19(26)17(11)9-23-14-6-12(20)5-13(21)7-14/h5-7,9,15,26H,2-4,10H2,1H3/t15-/m0/s1. The predicted octanol–water partition coefficient (Wildman–Crippen LogP) is 3.97. The molecule has 0 bridgehead atoms. The molecular weight excluding hydrogens is 389 g/mol. The fraction of sp³-hybridized carbons (Fsp3) is 0.316. The van der Waals surface area contributed by atoms with Crippen LogP contribution in [0.15, 0.2) is 28.0 Å². The van der Waals surface area contributed by atoms with E-state index in [1.807, 2.05) is 6.07 Å². The van der Waals surface area contributed by atoms with Crippen LogP contribution in [0, 0.1) is 18.3 Å². The van der Waals surface area contributed by atoms with E-state index in [1.54, 1.807) is 25.1 Å². The van der Waals surface area contributed by atoms with Crippen molar-refractivity contribution in [1.82, 2.24) is 4.57 Å². The first-order valence-corrected chi connectivity index (χ1v) is 9.14. The molecule has 1 saturated heterocycles. The molecule has 1 aromatic carbocycles. The molecule has 27 heavy (non-hydrogen) atoms. The third kappa shape index (κ3) is 4.16. The number of benzene rings is 1. The summed E-state index contributed by atoms with van der Waals surface area (Å²) in [7, 11) is 0. The molecule has 0 unspecified atom stereocenters. The molecule has 2 heterocycles. The SMILES string of the molecule is Cc1c(C=Nc2cc(Cl)cc(Cl)c2)c(O)n(C[C@@H]2CCCO2)c(=O)c1C#N. The zero-order valence-electron chi connectivity index (χ0n) is 14.6. The number of pyridine rings is 1. The molecule has 8 heteroatoms. The van der Waals surface area contributed by atoms with Gasteiger partial charge in [-0.1, -0.05) is 23.2 Å². The summed E-state index contributed by atoms with van der Waals surface area (Å²) >= 11 is 11.9. The Kier molecular flexibility index (Phi) is 5.85. The van der Waals surface area contributed by atoms with Crippen molar-refractivity contribution in [2.45, 2.75) is 32.4 Å². The lowest BCUT2D eigenvalue weighted by Gasteiger charge is -2.17. The summed E-state index contributed by atoms with van der Waals surface area (Å²) in [5.41, 5.74) is 0.574. The van der Waals surface area contributed by atoms with E-state index in [0.717, 1.165) is 12.8 Å². The smallest absolute Gasteiger partial charge is 0.271 e. The van der Waals surface area contributed by atoms with Gasteiger partial charge < -0.3 is 9.84 Å². The van der Waals surface area contributed by atoms with Crippen molar-refractivity contribution in [2.75, 3.05) is 6.61 Å². The molecule has 1 aliphatic rings. The van der Waals surface area contributed by atoms with Gasteiger partial charge in [0.25, 0.3) is 5.56 Å². The third-order valence-electron chi connectivity index (χ3n) is 4.45. The fourth-order valence-corrected chi connectivity index (χ4v) is 3.55. The van der Waals surface area contributed by atoms with Gasteiger partial charge in [0, 0.05) is 22.9 Å². The van der Waals surface area contributed by atoms with Crippen LogP contribution >= 0.6 is 23.2 Å². The topological polar surface area (TPSA) is 87.6 Å². The normalized spacial score (nSPS) is 16.7. The lowest BCUT2D eigenvalue weighted by atomic mass is 10.1. The van der Waals surface area contributed by atoms with Crippen molar-refractivity contribution in [1.29, 1.82) is 5.26 Å². The molecule has 1 N–H and O–H groups in total. The highest BCUT2D eigenvalue weighted by Gasteiger charge is 2.22. The highest BCUT2D eigenvalue weighted by Crippen LogP contribution is 2.26. The molecule has 1 aliphatic heterocycles. The second kappa shape index (κ2) is 8.13. The average molecular weight is 406 g/mol. The van der Waals surface area contributed by atoms with Crippen LogP contribution < -0.4 is 5.56 Å². The van der Waals surface area contributed by atoms with Crippen molar-refractivity contribution >= 4 is 35.1 Å². The fourth-order valence-electron chi connectivity index (χ4n) is 3.04. The largest absolute Gasteiger partial charge is 0.494 e. The second-order valence-corrected chi connectivity index (χ2v) is 7.16. The molecule has 1 aromatic heterocycles. The summed E-state index contributed by atoms with van der Waals surface area (Å²) in [6.07, 6.45) is 2.94. The number of aliphatic imine (C=N–C) groups is 1. The van der Waals surface area contributed by atoms with Gasteiger partial charge in [-0.25, -0.2) is 0 Å². The van der Waals surface area contributed by atoms with Crippen molar-refractivity contribution in [3.63, 3.8) is 0 Å². The first-order chi connectivity index (χ1) is 12.9. The van der Waals surface area contributed by atoms with Crippen LogP contribution in [0.1, 0.15) is 29.5 Å². The van der Waals surface area contributed by atoms with Crippen LogP contribution in [0.25, 0.3) is 0 Å². The molecule has 0 amide bonds. The quantitative estimate of drug-likeness (QED) is 0.779. The van der Waals surface area contributed by atoms with Gasteiger partial charge in [-0.05, 0) is 43.5 Å². The lowest BCUT2D eigenvalue weighted by Crippen LogP contribution is -2.29. The summed E-state index contributed by atoms with van der Waals surface area (Å²) in [6, 6.07) is 6.74. The van der Waals surface area contributed by atoms with Crippen LogP contribution in [0.3, 0.4) is 0 Å². The molecule has 0 spiro atoms. The first-order valence-electron chi connectivity index (χ1n) is 8.39. The summed E-state index contributed by atoms with van der Waals surface area (Å²) in [5.74, 6) is -0.246. The van der Waals surface area contributed by atoms with Gasteiger partial charge in [-0.2, -0.15) is 5.26 Å². The van der Waals surface area contributed by atoms with E-state index in [4.69, 9.17) is 27.9 Å². The minimum absolute atomic E-state index is 0.0311. The van der Waals surface area contributed by atoms with E-state index < -0.39 is 5.56 Å². The lowest BCUT2D eigenvalue weighted by molar-refractivity contribution is 0.0938. The highest BCUT2D eigenvalue weighted by molar-refractivity contribution is 6.35. The Labute approximate surface area is 166 Å². The Balaban J connectivity index is 2.07. The van der Waals surface area contributed by atoms with Crippen LogP contribution in [0.2, 0.25) is 10.0 Å². The summed E-state index contributed by atoms with van der Waals surface area (Å²) in [6.45, 7) is 2.41. The van der Waals surface area contributed by atoms with Crippen LogP contribution in [-0.2, 0) is 11.3 Å². The second-order valence-electron chi connectivity index (χ2n) is 6.29. The Bertz CT molecular complexity index is 982. The molecule has 3 rings (SSSR count). The zero-order valence-corrected chi connectivity index (χ0v) is 16.1. The molecule has 1 atom stereocenters. The first kappa shape index (κ1) is 19.4. The highest BCUT2D eigenvalue weighted by atomic mass is 35.5. The maximum atomic E-state index is 12.6. The van der Waals surface area contributed by atoms with Gasteiger partial charge in [0.1, 0.15) is 11.6 Å². The van der Waals surface area contributed by atoms with Crippen LogP contribution in [0.5, 0.6) is 5.88 Å². The van der Waals surface area contributed by atoms with Crippen LogP contribution in [-0.4, -0.2) is 28.6 Å². The van der Waals surface area contributed by atoms with Crippen molar-refractivity contribution in [2.24, 2.45) is 4.99 Å². The van der Waals surface area contributed by atoms with Gasteiger partial charge in [0.2, 0.25) is 5.88 Å². The minimum Gasteiger partial charge on any atom is -0.494 e. The van der Waals surface area contributed by atoms with Gasteiger partial charge in [0.15, 0.2) is 0 Å². The number of hydrogen-bond donors (Lipinski definition) is 1. The Morgan fingerprint density at radius 3 is 2.70 bits per heavy atom. The summed E-state index contributed by atoms with van der Waals surface area (Å²) < 4.78 is 6.72. The maximum Gasteiger partial charge on any atom is 0.271 e. The number of nitriles is 1. The zero-order chi connectivity index (χ0) is 19.6. The monoisotopic (exact) mass is 405 g/mol. The average Bonchev–Trinajstić information content (AvgIpc) is 3.11. The summed E-state index contributed by atoms with van der Waals surface area (Å²) in [5, 5.41) is 20.9. The molecule has 2 aromatic rings. The number of rotatable bonds is 4. The maximum absolute atomic E-state index is 12.6. The van der Waals surface area contributed by atoms with E-state index in [2.05, 4.69) is 4.99 Å². The van der Waals surface area contributed by atoms with Crippen LogP contribution in [0.4, 0.5) is 5.69 Å². The number of aromatic nitrogens is 1. The minimum atomic E-state index is -0.536. The van der Waals surface area contributed by atoms with Gasteiger partial charge in [0.05, 0.1) is 23.9 Å². The van der Waals surface area contributed by atoms with Gasteiger partial charge >= 0.3 is 0 Å². The van der Waals surface area contributed by atoms with Crippen molar-refractivity contribution < 1.29 is 9.84 Å². The molecule has 0 radical (unpaired) electrons. The van der Waals surface area contributed by atoms with Gasteiger partial charge in [-0.3, -0.25) is 14.4 Å². The molecular formula is C19H17Cl2N3O3. The van der Waals surface area contributed by atoms with Crippen molar-refractivity contribution in [3.05, 3.63) is 55.3 Å². The Morgan fingerprint density at radius 1 is 1.41 bits per heavy atom. The van der Waals surface area contributed by atoms with Gasteiger partial charge in [-0.15, -0.1) is 0 Å². The van der Waals surface area contributed by atoms with E-state index in [9.17, 15) is 15.2 Å². The van der Waals surface area contributed by atoms with E-state index in [0.29, 0.717) is 33.5 Å². The number of ether oxygens (including phenoxy) is 1. The number of aromatic hydroxyl groups is 1. The molecule has 1 fully saturated rings. The number of halogens is 2. The van der Waals surface area contributed by atoms with E-state index in [-0.39, 0.29) is 24.1 Å². The molecule has 0 aliphatic carbocycles. The predicted molar refractivity (Wildman–Crippen MR) is 105 cm³/mol. The molecule has 140 valence electrons. The summed E-state index contributed by atoms with van der Waals surface area (Å²) in [4.78, 5) is 16.9. The van der Waals surface area contributed by atoms with E-state index >= 15 is 0 Å². The molecule has 0 saturated carbocycles.